The van der Waals surface area contributed by atoms with Crippen molar-refractivity contribution in [2.24, 2.45) is 46.8 Å². The van der Waals surface area contributed by atoms with E-state index in [9.17, 15) is 19.8 Å². The number of Topliss-reactive ketones (excluding diaryl/α,β-unsaturated/α-hetero) is 1. The molecule has 160 valence electrons. The molecule has 0 saturated heterocycles. The van der Waals surface area contributed by atoms with Crippen LogP contribution in [0.4, 0.5) is 0 Å². The number of aliphatic hydroxyl groups excluding tert-OH is 1. The zero-order chi connectivity index (χ0) is 20.6. The van der Waals surface area contributed by atoms with Crippen LogP contribution in [0, 0.1) is 46.8 Å². The van der Waals surface area contributed by atoms with Crippen LogP contribution in [0.25, 0.3) is 0 Å². The maximum Gasteiger partial charge on any atom is 0.306 e. The monoisotopic (exact) mass is 392 g/mol. The average Bonchev–Trinajstić information content (AvgIpc) is 3.01. The maximum atomic E-state index is 13.8. The lowest BCUT2D eigenvalue weighted by Crippen LogP contribution is -2.49. The van der Waals surface area contributed by atoms with E-state index < -0.39 is 5.97 Å². The van der Waals surface area contributed by atoms with E-state index in [1.165, 1.54) is 0 Å². The van der Waals surface area contributed by atoms with Crippen LogP contribution >= 0.6 is 0 Å². The number of hydrogen-bond donors (Lipinski definition) is 2. The number of carbonyl (C=O) groups is 2. The molecule has 3 rings (SSSR count). The minimum Gasteiger partial charge on any atom is -0.481 e. The molecule has 0 aromatic carbocycles. The second-order valence-electron chi connectivity index (χ2n) is 10.4. The van der Waals surface area contributed by atoms with Crippen molar-refractivity contribution >= 4 is 11.8 Å². The van der Waals surface area contributed by atoms with Crippen molar-refractivity contribution in [2.45, 2.75) is 91.6 Å². The number of ketones is 1. The van der Waals surface area contributed by atoms with Crippen LogP contribution in [-0.2, 0) is 9.59 Å². The van der Waals surface area contributed by atoms with Gasteiger partial charge in [-0.3, -0.25) is 9.59 Å². The van der Waals surface area contributed by atoms with Gasteiger partial charge in [0.2, 0.25) is 0 Å². The summed E-state index contributed by atoms with van der Waals surface area (Å²) >= 11 is 0. The van der Waals surface area contributed by atoms with Gasteiger partial charge in [-0.05, 0) is 86.9 Å². The van der Waals surface area contributed by atoms with Crippen molar-refractivity contribution in [3.63, 3.8) is 0 Å². The highest BCUT2D eigenvalue weighted by Crippen LogP contribution is 2.62. The van der Waals surface area contributed by atoms with Gasteiger partial charge < -0.3 is 10.2 Å². The van der Waals surface area contributed by atoms with Crippen LogP contribution in [0.3, 0.4) is 0 Å². The van der Waals surface area contributed by atoms with E-state index >= 15 is 0 Å². The molecule has 28 heavy (non-hydrogen) atoms. The number of hydrogen-bond acceptors (Lipinski definition) is 3. The predicted octanol–water partition coefficient (Wildman–Crippen LogP) is 4.93. The van der Waals surface area contributed by atoms with Gasteiger partial charge in [0, 0.05) is 11.8 Å². The number of rotatable bonds is 3. The van der Waals surface area contributed by atoms with Gasteiger partial charge in [0.1, 0.15) is 5.78 Å². The normalized spacial score (nSPS) is 45.8. The summed E-state index contributed by atoms with van der Waals surface area (Å²) in [7, 11) is 0. The molecule has 3 aliphatic rings. The van der Waals surface area contributed by atoms with Gasteiger partial charge in [-0.15, -0.1) is 0 Å². The highest BCUT2D eigenvalue weighted by atomic mass is 16.4. The van der Waals surface area contributed by atoms with E-state index in [0.29, 0.717) is 23.5 Å². The third kappa shape index (κ3) is 3.78. The number of aliphatic carboxylic acids is 1. The lowest BCUT2D eigenvalue weighted by Gasteiger charge is -2.51. The predicted molar refractivity (Wildman–Crippen MR) is 110 cm³/mol. The highest BCUT2D eigenvalue weighted by molar-refractivity contribution is 5.84. The van der Waals surface area contributed by atoms with E-state index in [-0.39, 0.29) is 35.2 Å². The molecular weight excluding hydrogens is 352 g/mol. The molecule has 0 aromatic rings. The molecule has 0 amide bonds. The fourth-order valence-corrected chi connectivity index (χ4v) is 7.28. The smallest absolute Gasteiger partial charge is 0.306 e. The summed E-state index contributed by atoms with van der Waals surface area (Å²) in [4.78, 5) is 25.5. The standard InChI is InChI=1S/C24H40O4/c1-5-16-7-9-17(25)8-6-14(2)18-12-13-24(4)19(15(3)23(27)28)10-11-20(24)21(18)22(16)26/h14-21,25H,5-13H2,1-4H3,(H,27,28)/t14?,15-,16+,17+,18+,19?,20-,21+,24?/m0/s1. The molecule has 4 heteroatoms. The fourth-order valence-electron chi connectivity index (χ4n) is 7.28. The summed E-state index contributed by atoms with van der Waals surface area (Å²) in [5.41, 5.74) is -0.0315. The zero-order valence-corrected chi connectivity index (χ0v) is 18.2. The van der Waals surface area contributed by atoms with Gasteiger partial charge in [-0.1, -0.05) is 27.7 Å². The van der Waals surface area contributed by atoms with Crippen molar-refractivity contribution in [3.8, 4) is 0 Å². The molecule has 3 aliphatic carbocycles. The Kier molecular flexibility index (Phi) is 6.58. The molecule has 0 spiro atoms. The largest absolute Gasteiger partial charge is 0.481 e. The van der Waals surface area contributed by atoms with Crippen molar-refractivity contribution in [1.82, 2.24) is 0 Å². The minimum absolute atomic E-state index is 0.0315. The summed E-state index contributed by atoms with van der Waals surface area (Å²) < 4.78 is 0. The van der Waals surface area contributed by atoms with Crippen molar-refractivity contribution < 1.29 is 19.8 Å². The molecule has 2 N–H and O–H groups in total. The lowest BCUT2D eigenvalue weighted by atomic mass is 9.52. The van der Waals surface area contributed by atoms with E-state index in [0.717, 1.165) is 57.8 Å². The first-order chi connectivity index (χ1) is 13.2. The van der Waals surface area contributed by atoms with Crippen molar-refractivity contribution in [3.05, 3.63) is 0 Å². The summed E-state index contributed by atoms with van der Waals surface area (Å²) in [6.07, 6.45) is 7.94. The number of aliphatic hydroxyl groups is 1. The van der Waals surface area contributed by atoms with Crippen molar-refractivity contribution in [2.75, 3.05) is 0 Å². The van der Waals surface area contributed by atoms with Gasteiger partial charge in [0.05, 0.1) is 12.0 Å². The molecular formula is C24H40O4. The summed E-state index contributed by atoms with van der Waals surface area (Å²) in [6.45, 7) is 8.52. The van der Waals surface area contributed by atoms with Crippen LogP contribution in [0.2, 0.25) is 0 Å². The molecule has 9 atom stereocenters. The quantitative estimate of drug-likeness (QED) is 0.714. The van der Waals surface area contributed by atoms with E-state index in [1.54, 1.807) is 0 Å². The zero-order valence-electron chi connectivity index (χ0n) is 18.2. The molecule has 3 unspecified atom stereocenters. The van der Waals surface area contributed by atoms with E-state index in [1.807, 2.05) is 6.92 Å². The van der Waals surface area contributed by atoms with Crippen LogP contribution in [-0.4, -0.2) is 28.1 Å². The average molecular weight is 393 g/mol. The Morgan fingerprint density at radius 3 is 2.46 bits per heavy atom. The Labute approximate surface area is 170 Å². The van der Waals surface area contributed by atoms with Crippen LogP contribution in [0.15, 0.2) is 0 Å². The molecule has 0 heterocycles. The SMILES string of the molecule is CC[C@@H]1CC[C@H](O)CCC(C)[C@H]2CCC3(C)C([C@H](C)C(=O)O)CC[C@H]3[C@@H]2C1=O. The Balaban J connectivity index is 1.94. The van der Waals surface area contributed by atoms with E-state index in [4.69, 9.17) is 0 Å². The third-order valence-corrected chi connectivity index (χ3v) is 9.15. The summed E-state index contributed by atoms with van der Waals surface area (Å²) in [5.74, 6) is 0.862. The molecule has 0 aliphatic heterocycles. The van der Waals surface area contributed by atoms with Crippen LogP contribution in [0.5, 0.6) is 0 Å². The Morgan fingerprint density at radius 2 is 1.82 bits per heavy atom. The first-order valence-electron chi connectivity index (χ1n) is 11.6. The molecule has 0 radical (unpaired) electrons. The molecule has 0 bridgehead atoms. The fraction of sp³-hybridized carbons (Fsp3) is 0.917. The number of fused-ring (bicyclic) bond motifs is 3. The topological polar surface area (TPSA) is 74.6 Å². The number of carbonyl (C=O) groups excluding carboxylic acids is 1. The lowest BCUT2D eigenvalue weighted by molar-refractivity contribution is -0.147. The van der Waals surface area contributed by atoms with Gasteiger partial charge in [-0.2, -0.15) is 0 Å². The Bertz CT molecular complexity index is 587. The molecule has 3 fully saturated rings. The second-order valence-corrected chi connectivity index (χ2v) is 10.4. The maximum absolute atomic E-state index is 13.8. The first-order valence-corrected chi connectivity index (χ1v) is 11.6. The van der Waals surface area contributed by atoms with Gasteiger partial charge in [0.15, 0.2) is 0 Å². The molecule has 0 aromatic heterocycles. The van der Waals surface area contributed by atoms with E-state index in [2.05, 4.69) is 20.8 Å². The molecule has 4 nitrogen and oxygen atoms in total. The van der Waals surface area contributed by atoms with Gasteiger partial charge in [-0.25, -0.2) is 0 Å². The summed E-state index contributed by atoms with van der Waals surface area (Å²) in [6, 6.07) is 0. The second kappa shape index (κ2) is 8.45. The first kappa shape index (κ1) is 21.8. The third-order valence-electron chi connectivity index (χ3n) is 9.15. The van der Waals surface area contributed by atoms with Gasteiger partial charge >= 0.3 is 5.97 Å². The number of carboxylic acids is 1. The Morgan fingerprint density at radius 1 is 1.14 bits per heavy atom. The molecule has 3 saturated carbocycles. The minimum atomic E-state index is -0.694. The highest BCUT2D eigenvalue weighted by Gasteiger charge is 2.58. The Hall–Kier alpha value is -0.900. The number of carboxylic acid groups (broad SMARTS) is 1. The van der Waals surface area contributed by atoms with Gasteiger partial charge in [0.25, 0.3) is 0 Å². The van der Waals surface area contributed by atoms with Crippen molar-refractivity contribution in [1.29, 1.82) is 0 Å². The van der Waals surface area contributed by atoms with Crippen LogP contribution < -0.4 is 0 Å². The summed E-state index contributed by atoms with van der Waals surface area (Å²) in [5, 5.41) is 20.0. The van der Waals surface area contributed by atoms with Crippen LogP contribution in [0.1, 0.15) is 85.5 Å².